The van der Waals surface area contributed by atoms with Crippen molar-refractivity contribution in [3.8, 4) is 17.2 Å². The van der Waals surface area contributed by atoms with Crippen molar-refractivity contribution in [1.29, 1.82) is 5.26 Å². The van der Waals surface area contributed by atoms with Crippen LogP contribution in [0.5, 0.6) is 0 Å². The summed E-state index contributed by atoms with van der Waals surface area (Å²) < 4.78 is 21.6. The lowest BCUT2D eigenvalue weighted by Gasteiger charge is -2.32. The fraction of sp³-hybridized carbons (Fsp3) is 0.273. The first-order chi connectivity index (χ1) is 14.7. The average Bonchev–Trinajstić information content (AvgIpc) is 3.29. The normalized spacial score (nSPS) is 15.6. The van der Waals surface area contributed by atoms with Gasteiger partial charge < -0.3 is 8.98 Å². The molecule has 0 unspecified atom stereocenters. The van der Waals surface area contributed by atoms with Gasteiger partial charge in [-0.1, -0.05) is 0 Å². The number of nitriles is 1. The van der Waals surface area contributed by atoms with Gasteiger partial charge >= 0.3 is 0 Å². The highest BCUT2D eigenvalue weighted by atomic mass is 19.1. The average molecular weight is 403 g/mol. The van der Waals surface area contributed by atoms with E-state index in [4.69, 9.17) is 9.68 Å². The highest BCUT2D eigenvalue weighted by Crippen LogP contribution is 2.32. The third-order valence-electron chi connectivity index (χ3n) is 5.75. The lowest BCUT2D eigenvalue weighted by Crippen LogP contribution is -2.37. The Balaban J connectivity index is 1.72. The van der Waals surface area contributed by atoms with Crippen LogP contribution in [-0.4, -0.2) is 39.1 Å². The highest BCUT2D eigenvalue weighted by Gasteiger charge is 2.24. The molecule has 0 N–H and O–H groups in total. The van der Waals surface area contributed by atoms with Crippen molar-refractivity contribution in [3.05, 3.63) is 59.3 Å². The number of fused-ring (bicyclic) bond motifs is 3. The van der Waals surface area contributed by atoms with Gasteiger partial charge in [0, 0.05) is 41.7 Å². The molecule has 0 saturated carbocycles. The third kappa shape index (κ3) is 3.04. The number of benzene rings is 1. The van der Waals surface area contributed by atoms with Crippen LogP contribution in [0.25, 0.3) is 33.1 Å². The van der Waals surface area contributed by atoms with Crippen LogP contribution in [0.3, 0.4) is 0 Å². The van der Waals surface area contributed by atoms with Crippen LogP contribution >= 0.6 is 0 Å². The smallest absolute Gasteiger partial charge is 0.269 e. The minimum Gasteiger partial charge on any atom is -0.472 e. The minimum absolute atomic E-state index is 0.0222. The zero-order valence-electron chi connectivity index (χ0n) is 16.1. The van der Waals surface area contributed by atoms with Gasteiger partial charge in [-0.05, 0) is 25.0 Å². The Bertz CT molecular complexity index is 1330. The second-order valence-electron chi connectivity index (χ2n) is 7.49. The van der Waals surface area contributed by atoms with E-state index in [1.165, 1.54) is 24.8 Å². The highest BCUT2D eigenvalue weighted by molar-refractivity contribution is 6.03. The van der Waals surface area contributed by atoms with E-state index in [0.717, 1.165) is 25.9 Å². The van der Waals surface area contributed by atoms with Crippen molar-refractivity contribution in [1.82, 2.24) is 19.4 Å². The summed E-state index contributed by atoms with van der Waals surface area (Å²) in [5.74, 6) is -0.404. The second kappa shape index (κ2) is 7.35. The van der Waals surface area contributed by atoms with Gasteiger partial charge in [-0.3, -0.25) is 14.7 Å². The number of aromatic nitrogens is 3. The van der Waals surface area contributed by atoms with Gasteiger partial charge in [0.25, 0.3) is 5.56 Å². The molecule has 1 aromatic carbocycles. The van der Waals surface area contributed by atoms with E-state index in [-0.39, 0.29) is 11.6 Å². The van der Waals surface area contributed by atoms with Crippen molar-refractivity contribution in [3.63, 3.8) is 0 Å². The monoisotopic (exact) mass is 403 g/mol. The number of halogens is 1. The van der Waals surface area contributed by atoms with E-state index in [1.807, 2.05) is 0 Å². The van der Waals surface area contributed by atoms with Gasteiger partial charge in [-0.2, -0.15) is 5.26 Å². The molecule has 7 nitrogen and oxygen atoms in total. The fourth-order valence-electron chi connectivity index (χ4n) is 4.27. The molecule has 0 atom stereocenters. The topological polar surface area (TPSA) is 88.0 Å². The molecule has 30 heavy (non-hydrogen) atoms. The predicted octanol–water partition coefficient (Wildman–Crippen LogP) is 3.50. The Morgan fingerprint density at radius 3 is 2.73 bits per heavy atom. The first-order valence-electron chi connectivity index (χ1n) is 9.77. The largest absolute Gasteiger partial charge is 0.472 e. The molecular formula is C22H18FN5O2. The van der Waals surface area contributed by atoms with Crippen molar-refractivity contribution in [2.75, 3.05) is 19.6 Å². The third-order valence-corrected chi connectivity index (χ3v) is 5.75. The molecule has 0 aliphatic carbocycles. The van der Waals surface area contributed by atoms with E-state index in [9.17, 15) is 9.18 Å². The van der Waals surface area contributed by atoms with Gasteiger partial charge in [0.05, 0.1) is 48.6 Å². The Morgan fingerprint density at radius 2 is 2.00 bits per heavy atom. The molecule has 1 saturated heterocycles. The summed E-state index contributed by atoms with van der Waals surface area (Å²) in [4.78, 5) is 23.6. The Labute approximate surface area is 171 Å². The fourth-order valence-corrected chi connectivity index (χ4v) is 4.27. The summed E-state index contributed by atoms with van der Waals surface area (Å²) in [6.45, 7) is 1.87. The Morgan fingerprint density at radius 1 is 1.20 bits per heavy atom. The molecule has 1 fully saturated rings. The number of rotatable bonds is 3. The number of pyridine rings is 1. The van der Waals surface area contributed by atoms with E-state index in [0.29, 0.717) is 39.6 Å². The number of hydrogen-bond donors (Lipinski definition) is 0. The van der Waals surface area contributed by atoms with Crippen LogP contribution in [0.15, 0.2) is 52.3 Å². The molecule has 5 rings (SSSR count). The van der Waals surface area contributed by atoms with E-state index < -0.39 is 5.82 Å². The molecule has 3 aromatic heterocycles. The van der Waals surface area contributed by atoms with Gasteiger partial charge in [0.2, 0.25) is 0 Å². The number of hydrogen-bond acceptors (Lipinski definition) is 6. The van der Waals surface area contributed by atoms with Gasteiger partial charge in [-0.15, -0.1) is 0 Å². The molecule has 4 aromatic rings. The zero-order chi connectivity index (χ0) is 20.7. The number of likely N-dealkylation sites (tertiary alicyclic amines) is 1. The summed E-state index contributed by atoms with van der Waals surface area (Å²) in [7, 11) is 0. The van der Waals surface area contributed by atoms with E-state index in [1.54, 1.807) is 22.9 Å². The number of furan rings is 1. The number of piperidine rings is 1. The molecule has 4 heterocycles. The summed E-state index contributed by atoms with van der Waals surface area (Å²) in [6, 6.07) is 6.95. The molecule has 0 bridgehead atoms. The minimum atomic E-state index is -0.404. The predicted molar refractivity (Wildman–Crippen MR) is 109 cm³/mol. The molecule has 1 aliphatic rings. The first-order valence-corrected chi connectivity index (χ1v) is 9.77. The quantitative estimate of drug-likeness (QED) is 0.384. The van der Waals surface area contributed by atoms with Crippen molar-refractivity contribution in [2.24, 2.45) is 0 Å². The first kappa shape index (κ1) is 18.5. The zero-order valence-corrected chi connectivity index (χ0v) is 16.1. The van der Waals surface area contributed by atoms with Crippen LogP contribution in [-0.2, 0) is 0 Å². The summed E-state index contributed by atoms with van der Waals surface area (Å²) in [6.07, 6.45) is 7.37. The molecular weight excluding hydrogens is 385 g/mol. The van der Waals surface area contributed by atoms with E-state index in [2.05, 4.69) is 20.9 Å². The molecule has 0 radical (unpaired) electrons. The van der Waals surface area contributed by atoms with Gasteiger partial charge in [-0.25, -0.2) is 9.37 Å². The Hall–Kier alpha value is -3.57. The Kier molecular flexibility index (Phi) is 4.52. The second-order valence-corrected chi connectivity index (χ2v) is 7.49. The molecule has 0 spiro atoms. The standard InChI is InChI=1S/C22H18FN5O2/c23-18-10-19-17(9-16(18)14-3-8-30-13-14)22-20(11-25-19)26-12-21(29)28(22)15-1-5-27(6-2-15)7-4-24/h3,8-13,15H,1-2,5-7H2. The maximum Gasteiger partial charge on any atom is 0.269 e. The maximum atomic E-state index is 14.7. The summed E-state index contributed by atoms with van der Waals surface area (Å²) in [5, 5.41) is 9.61. The molecule has 8 heteroatoms. The number of nitrogens with zero attached hydrogens (tertiary/aromatic N) is 5. The van der Waals surface area contributed by atoms with Crippen molar-refractivity contribution in [2.45, 2.75) is 18.9 Å². The van der Waals surface area contributed by atoms with Gasteiger partial charge in [0.15, 0.2) is 0 Å². The van der Waals surface area contributed by atoms with Gasteiger partial charge in [0.1, 0.15) is 11.3 Å². The summed E-state index contributed by atoms with van der Waals surface area (Å²) in [5.41, 5.74) is 2.53. The van der Waals surface area contributed by atoms with Crippen LogP contribution < -0.4 is 5.56 Å². The lowest BCUT2D eigenvalue weighted by atomic mass is 10.0. The lowest BCUT2D eigenvalue weighted by molar-refractivity contribution is 0.205. The van der Waals surface area contributed by atoms with Crippen LogP contribution in [0.4, 0.5) is 4.39 Å². The van der Waals surface area contributed by atoms with Crippen LogP contribution in [0, 0.1) is 17.1 Å². The summed E-state index contributed by atoms with van der Waals surface area (Å²) >= 11 is 0. The maximum absolute atomic E-state index is 14.7. The SMILES string of the molecule is N#CCN1CCC(n2c(=O)cnc3cnc4cc(F)c(-c5ccoc5)cc4c32)CC1. The molecule has 0 amide bonds. The molecule has 1 aliphatic heterocycles. The van der Waals surface area contributed by atoms with Crippen molar-refractivity contribution < 1.29 is 8.81 Å². The van der Waals surface area contributed by atoms with Crippen LogP contribution in [0.2, 0.25) is 0 Å². The van der Waals surface area contributed by atoms with Crippen LogP contribution in [0.1, 0.15) is 18.9 Å². The molecule has 150 valence electrons. The van der Waals surface area contributed by atoms with E-state index >= 15 is 0 Å². The van der Waals surface area contributed by atoms with Crippen molar-refractivity contribution >= 4 is 21.9 Å².